The summed E-state index contributed by atoms with van der Waals surface area (Å²) in [6.45, 7) is 3.17. The topological polar surface area (TPSA) is 29.1 Å². The standard InChI is InChI=1S/C12H21NO/c1-9-11(6-7-13-9)12(14)8-10-4-2-3-5-10/h9-11,13H,2-8H2,1H3. The van der Waals surface area contributed by atoms with Crippen LogP contribution in [0.3, 0.4) is 0 Å². The van der Waals surface area contributed by atoms with E-state index < -0.39 is 0 Å². The van der Waals surface area contributed by atoms with Crippen LogP contribution in [-0.2, 0) is 4.79 Å². The fourth-order valence-corrected chi connectivity index (χ4v) is 2.95. The third-order valence-electron chi connectivity index (χ3n) is 3.90. The SMILES string of the molecule is CC1NCCC1C(=O)CC1CCCC1. The largest absolute Gasteiger partial charge is 0.314 e. The molecule has 0 aromatic heterocycles. The van der Waals surface area contributed by atoms with Crippen LogP contribution >= 0.6 is 0 Å². The summed E-state index contributed by atoms with van der Waals surface area (Å²) in [4.78, 5) is 12.0. The second-order valence-electron chi connectivity index (χ2n) is 4.96. The van der Waals surface area contributed by atoms with Gasteiger partial charge in [-0.05, 0) is 25.8 Å². The van der Waals surface area contributed by atoms with Gasteiger partial charge in [-0.1, -0.05) is 25.7 Å². The van der Waals surface area contributed by atoms with Gasteiger partial charge in [0.15, 0.2) is 0 Å². The third kappa shape index (κ3) is 2.17. The van der Waals surface area contributed by atoms with Gasteiger partial charge in [0.25, 0.3) is 0 Å². The normalized spacial score (nSPS) is 33.8. The minimum atomic E-state index is 0.315. The zero-order chi connectivity index (χ0) is 9.97. The predicted molar refractivity (Wildman–Crippen MR) is 57.2 cm³/mol. The van der Waals surface area contributed by atoms with Gasteiger partial charge >= 0.3 is 0 Å². The summed E-state index contributed by atoms with van der Waals surface area (Å²) < 4.78 is 0. The molecule has 1 N–H and O–H groups in total. The van der Waals surface area contributed by atoms with Crippen molar-refractivity contribution < 1.29 is 4.79 Å². The van der Waals surface area contributed by atoms with Gasteiger partial charge in [-0.25, -0.2) is 0 Å². The summed E-state index contributed by atoms with van der Waals surface area (Å²) in [5.41, 5.74) is 0. The smallest absolute Gasteiger partial charge is 0.137 e. The molecule has 0 spiro atoms. The Morgan fingerprint density at radius 1 is 1.29 bits per heavy atom. The van der Waals surface area contributed by atoms with Crippen molar-refractivity contribution >= 4 is 5.78 Å². The molecule has 2 unspecified atom stereocenters. The molecule has 0 amide bonds. The Kier molecular flexibility index (Phi) is 3.22. The molecule has 1 saturated heterocycles. The lowest BCUT2D eigenvalue weighted by molar-refractivity contribution is -0.123. The second-order valence-corrected chi connectivity index (χ2v) is 4.96. The van der Waals surface area contributed by atoms with E-state index in [9.17, 15) is 4.79 Å². The van der Waals surface area contributed by atoms with Gasteiger partial charge in [0.05, 0.1) is 0 Å². The van der Waals surface area contributed by atoms with Crippen molar-refractivity contribution in [2.75, 3.05) is 6.54 Å². The van der Waals surface area contributed by atoms with Crippen molar-refractivity contribution in [3.05, 3.63) is 0 Å². The summed E-state index contributed by atoms with van der Waals surface area (Å²) in [5.74, 6) is 1.56. The lowest BCUT2D eigenvalue weighted by atomic mass is 9.89. The number of hydrogen-bond donors (Lipinski definition) is 1. The Labute approximate surface area is 86.5 Å². The van der Waals surface area contributed by atoms with Gasteiger partial charge in [0, 0.05) is 18.4 Å². The van der Waals surface area contributed by atoms with Gasteiger partial charge in [-0.2, -0.15) is 0 Å². The molecule has 2 atom stereocenters. The maximum absolute atomic E-state index is 12.0. The van der Waals surface area contributed by atoms with E-state index in [1.54, 1.807) is 0 Å². The van der Waals surface area contributed by atoms with Gasteiger partial charge in [0.1, 0.15) is 5.78 Å². The fourth-order valence-electron chi connectivity index (χ4n) is 2.95. The van der Waals surface area contributed by atoms with Crippen molar-refractivity contribution in [1.82, 2.24) is 5.32 Å². The van der Waals surface area contributed by atoms with Crippen molar-refractivity contribution in [2.24, 2.45) is 11.8 Å². The molecule has 1 heterocycles. The number of nitrogens with one attached hydrogen (secondary N) is 1. The van der Waals surface area contributed by atoms with Crippen LogP contribution in [0.4, 0.5) is 0 Å². The van der Waals surface area contributed by atoms with Crippen LogP contribution in [0.1, 0.15) is 45.4 Å². The summed E-state index contributed by atoms with van der Waals surface area (Å²) in [6.07, 6.45) is 7.19. The van der Waals surface area contributed by atoms with Crippen molar-refractivity contribution in [2.45, 2.75) is 51.5 Å². The minimum absolute atomic E-state index is 0.315. The molecule has 1 saturated carbocycles. The lowest BCUT2D eigenvalue weighted by Crippen LogP contribution is -2.28. The zero-order valence-electron chi connectivity index (χ0n) is 9.09. The molecule has 2 aliphatic rings. The maximum Gasteiger partial charge on any atom is 0.137 e. The second kappa shape index (κ2) is 4.43. The number of carbonyl (C=O) groups excluding carboxylic acids is 1. The molecular weight excluding hydrogens is 174 g/mol. The average molecular weight is 195 g/mol. The van der Waals surface area contributed by atoms with Crippen LogP contribution in [0.5, 0.6) is 0 Å². The summed E-state index contributed by atoms with van der Waals surface area (Å²) in [7, 11) is 0. The highest BCUT2D eigenvalue weighted by atomic mass is 16.1. The van der Waals surface area contributed by atoms with E-state index in [2.05, 4.69) is 12.2 Å². The van der Waals surface area contributed by atoms with Crippen molar-refractivity contribution in [3.63, 3.8) is 0 Å². The highest BCUT2D eigenvalue weighted by Crippen LogP contribution is 2.30. The van der Waals surface area contributed by atoms with E-state index >= 15 is 0 Å². The van der Waals surface area contributed by atoms with E-state index in [1.165, 1.54) is 25.7 Å². The number of carbonyl (C=O) groups is 1. The Balaban J connectivity index is 1.82. The molecule has 0 radical (unpaired) electrons. The van der Waals surface area contributed by atoms with Gasteiger partial charge in [-0.15, -0.1) is 0 Å². The van der Waals surface area contributed by atoms with E-state index in [-0.39, 0.29) is 0 Å². The predicted octanol–water partition coefficient (Wildman–Crippen LogP) is 2.13. The number of rotatable bonds is 3. The molecule has 2 nitrogen and oxygen atoms in total. The van der Waals surface area contributed by atoms with Gasteiger partial charge in [-0.3, -0.25) is 4.79 Å². The van der Waals surface area contributed by atoms with E-state index in [1.807, 2.05) is 0 Å². The Morgan fingerprint density at radius 2 is 2.00 bits per heavy atom. The monoisotopic (exact) mass is 195 g/mol. The summed E-state index contributed by atoms with van der Waals surface area (Å²) >= 11 is 0. The fraction of sp³-hybridized carbons (Fsp3) is 0.917. The van der Waals surface area contributed by atoms with Crippen LogP contribution in [0, 0.1) is 11.8 Å². The van der Waals surface area contributed by atoms with Crippen LogP contribution < -0.4 is 5.32 Å². The quantitative estimate of drug-likeness (QED) is 0.747. The molecule has 2 fully saturated rings. The molecule has 0 aromatic rings. The molecule has 0 aromatic carbocycles. The van der Waals surface area contributed by atoms with Crippen LogP contribution in [0.15, 0.2) is 0 Å². The minimum Gasteiger partial charge on any atom is -0.314 e. The van der Waals surface area contributed by atoms with E-state index in [4.69, 9.17) is 0 Å². The highest BCUT2D eigenvalue weighted by molar-refractivity contribution is 5.82. The molecule has 2 heteroatoms. The number of Topliss-reactive ketones (excluding diaryl/α,β-unsaturated/α-hetero) is 1. The molecule has 1 aliphatic carbocycles. The lowest BCUT2D eigenvalue weighted by Gasteiger charge is -2.16. The first kappa shape index (κ1) is 10.2. The molecule has 0 bridgehead atoms. The van der Waals surface area contributed by atoms with E-state index in [0.717, 1.165) is 25.3 Å². The first-order valence-electron chi connectivity index (χ1n) is 6.03. The zero-order valence-corrected chi connectivity index (χ0v) is 9.09. The van der Waals surface area contributed by atoms with Gasteiger partial charge < -0.3 is 5.32 Å². The Hall–Kier alpha value is -0.370. The Bertz CT molecular complexity index is 208. The number of ketones is 1. The molecular formula is C12H21NO. The first-order chi connectivity index (χ1) is 6.77. The summed E-state index contributed by atoms with van der Waals surface area (Å²) in [6, 6.07) is 0.420. The van der Waals surface area contributed by atoms with Crippen LogP contribution in [0.2, 0.25) is 0 Å². The third-order valence-corrected chi connectivity index (χ3v) is 3.90. The first-order valence-corrected chi connectivity index (χ1v) is 6.03. The van der Waals surface area contributed by atoms with Gasteiger partial charge in [0.2, 0.25) is 0 Å². The average Bonchev–Trinajstić information content (AvgIpc) is 2.75. The highest BCUT2D eigenvalue weighted by Gasteiger charge is 2.30. The van der Waals surface area contributed by atoms with Crippen LogP contribution in [0.25, 0.3) is 0 Å². The molecule has 1 aliphatic heterocycles. The van der Waals surface area contributed by atoms with Crippen LogP contribution in [-0.4, -0.2) is 18.4 Å². The molecule has 80 valence electrons. The maximum atomic E-state index is 12.0. The number of hydrogen-bond acceptors (Lipinski definition) is 2. The van der Waals surface area contributed by atoms with Crippen molar-refractivity contribution in [3.8, 4) is 0 Å². The Morgan fingerprint density at radius 3 is 2.57 bits per heavy atom. The van der Waals surface area contributed by atoms with E-state index in [0.29, 0.717) is 17.7 Å². The van der Waals surface area contributed by atoms with Crippen molar-refractivity contribution in [1.29, 1.82) is 0 Å². The molecule has 14 heavy (non-hydrogen) atoms. The molecule has 2 rings (SSSR count). The summed E-state index contributed by atoms with van der Waals surface area (Å²) in [5, 5.41) is 3.35.